The van der Waals surface area contributed by atoms with Gasteiger partial charge in [0.2, 0.25) is 0 Å². The Morgan fingerprint density at radius 3 is 2.67 bits per heavy atom. The van der Waals surface area contributed by atoms with Crippen molar-refractivity contribution in [2.75, 3.05) is 46.0 Å². The Hall–Kier alpha value is -3.23. The van der Waals surface area contributed by atoms with E-state index in [1.54, 1.807) is 35.5 Å². The summed E-state index contributed by atoms with van der Waals surface area (Å²) in [5.74, 6) is -0.722. The number of nitrogens with zero attached hydrogens (tertiary/aromatic N) is 3. The third kappa shape index (κ3) is 5.77. The number of aliphatic hydroxyl groups excluding tert-OH is 1. The van der Waals surface area contributed by atoms with Crippen molar-refractivity contribution in [3.63, 3.8) is 0 Å². The van der Waals surface area contributed by atoms with Crippen molar-refractivity contribution in [3.05, 3.63) is 65.0 Å². The fourth-order valence-electron chi connectivity index (χ4n) is 4.76. The first-order chi connectivity index (χ1) is 17.5. The van der Waals surface area contributed by atoms with Gasteiger partial charge in [0.1, 0.15) is 11.5 Å². The summed E-state index contributed by atoms with van der Waals surface area (Å²) in [6.07, 6.45) is 6.01. The number of ketones is 1. The summed E-state index contributed by atoms with van der Waals surface area (Å²) >= 11 is 0. The van der Waals surface area contributed by atoms with Gasteiger partial charge in [-0.2, -0.15) is 0 Å². The molecule has 1 amide bonds. The highest BCUT2D eigenvalue weighted by Gasteiger charge is 2.46. The summed E-state index contributed by atoms with van der Waals surface area (Å²) in [5.41, 5.74) is 2.08. The summed E-state index contributed by atoms with van der Waals surface area (Å²) in [6.45, 7) is 8.95. The van der Waals surface area contributed by atoms with Crippen LogP contribution in [0.25, 0.3) is 5.76 Å². The number of hydrogen-bond donors (Lipinski definition) is 1. The Kier molecular flexibility index (Phi) is 8.72. The number of aryl methyl sites for hydroxylation is 1. The minimum absolute atomic E-state index is 0.0992. The van der Waals surface area contributed by atoms with E-state index in [-0.39, 0.29) is 11.3 Å². The zero-order valence-electron chi connectivity index (χ0n) is 21.1. The molecule has 0 saturated carbocycles. The lowest BCUT2D eigenvalue weighted by Crippen LogP contribution is -2.39. The Balaban J connectivity index is 1.62. The summed E-state index contributed by atoms with van der Waals surface area (Å²) in [5, 5.41) is 11.4. The lowest BCUT2D eigenvalue weighted by atomic mass is 9.94. The average Bonchev–Trinajstić information content (AvgIpc) is 3.15. The Labute approximate surface area is 212 Å². The van der Waals surface area contributed by atoms with Crippen molar-refractivity contribution in [1.82, 2.24) is 14.8 Å². The van der Waals surface area contributed by atoms with Crippen LogP contribution in [-0.4, -0.2) is 77.6 Å². The molecule has 3 heterocycles. The first-order valence-corrected chi connectivity index (χ1v) is 12.7. The molecule has 1 aromatic heterocycles. The number of hydrogen-bond acceptors (Lipinski definition) is 7. The van der Waals surface area contributed by atoms with Gasteiger partial charge < -0.3 is 19.5 Å². The van der Waals surface area contributed by atoms with E-state index >= 15 is 0 Å². The number of morpholine rings is 1. The van der Waals surface area contributed by atoms with E-state index < -0.39 is 17.7 Å². The summed E-state index contributed by atoms with van der Waals surface area (Å²) in [7, 11) is 0. The molecule has 0 bridgehead atoms. The third-order valence-electron chi connectivity index (χ3n) is 6.74. The minimum Gasteiger partial charge on any atom is -0.507 e. The predicted molar refractivity (Wildman–Crippen MR) is 137 cm³/mol. The van der Waals surface area contributed by atoms with E-state index in [0.29, 0.717) is 49.7 Å². The zero-order chi connectivity index (χ0) is 25.5. The van der Waals surface area contributed by atoms with Crippen molar-refractivity contribution in [2.24, 2.45) is 0 Å². The van der Waals surface area contributed by atoms with Gasteiger partial charge in [-0.1, -0.05) is 19.4 Å². The molecule has 8 heteroatoms. The molecule has 2 saturated heterocycles. The van der Waals surface area contributed by atoms with Gasteiger partial charge in [-0.3, -0.25) is 19.5 Å². The van der Waals surface area contributed by atoms with Crippen LogP contribution in [-0.2, 0) is 14.3 Å². The number of likely N-dealkylation sites (tertiary alicyclic amines) is 1. The van der Waals surface area contributed by atoms with Crippen LogP contribution in [0.15, 0.2) is 48.3 Å². The van der Waals surface area contributed by atoms with Gasteiger partial charge in [0, 0.05) is 44.1 Å². The quantitative estimate of drug-likeness (QED) is 0.233. The molecule has 1 aromatic carbocycles. The molecule has 2 fully saturated rings. The second-order valence-corrected chi connectivity index (χ2v) is 9.27. The van der Waals surface area contributed by atoms with Gasteiger partial charge in [0.25, 0.3) is 11.7 Å². The van der Waals surface area contributed by atoms with Crippen LogP contribution >= 0.6 is 0 Å². The van der Waals surface area contributed by atoms with E-state index in [1.165, 1.54) is 0 Å². The molecule has 1 N–H and O–H groups in total. The predicted octanol–water partition coefficient (Wildman–Crippen LogP) is 3.71. The lowest BCUT2D eigenvalue weighted by Gasteiger charge is -2.29. The van der Waals surface area contributed by atoms with Gasteiger partial charge in [0.05, 0.1) is 31.4 Å². The molecule has 36 heavy (non-hydrogen) atoms. The molecule has 2 aliphatic heterocycles. The van der Waals surface area contributed by atoms with Gasteiger partial charge in [-0.05, 0) is 55.2 Å². The van der Waals surface area contributed by atoms with Crippen molar-refractivity contribution in [2.45, 2.75) is 39.2 Å². The second-order valence-electron chi connectivity index (χ2n) is 9.27. The van der Waals surface area contributed by atoms with E-state index in [0.717, 1.165) is 38.0 Å². The van der Waals surface area contributed by atoms with E-state index in [2.05, 4.69) is 16.8 Å². The van der Waals surface area contributed by atoms with Crippen LogP contribution < -0.4 is 4.74 Å². The van der Waals surface area contributed by atoms with Crippen LogP contribution in [0.1, 0.15) is 48.9 Å². The van der Waals surface area contributed by atoms with Crippen LogP contribution in [0.3, 0.4) is 0 Å². The van der Waals surface area contributed by atoms with Gasteiger partial charge >= 0.3 is 0 Å². The number of ether oxygens (including phenoxy) is 2. The highest BCUT2D eigenvalue weighted by molar-refractivity contribution is 6.46. The fourth-order valence-corrected chi connectivity index (χ4v) is 4.76. The van der Waals surface area contributed by atoms with Crippen LogP contribution in [0.2, 0.25) is 0 Å². The largest absolute Gasteiger partial charge is 0.507 e. The number of unbranched alkanes of at least 4 members (excludes halogenated alkanes) is 1. The lowest BCUT2D eigenvalue weighted by molar-refractivity contribution is -0.140. The number of carbonyl (C=O) groups is 2. The van der Waals surface area contributed by atoms with Crippen molar-refractivity contribution in [3.8, 4) is 5.75 Å². The highest BCUT2D eigenvalue weighted by Crippen LogP contribution is 2.40. The summed E-state index contributed by atoms with van der Waals surface area (Å²) in [6, 6.07) is 8.30. The molecule has 192 valence electrons. The van der Waals surface area contributed by atoms with Gasteiger partial charge in [0.15, 0.2) is 0 Å². The average molecular weight is 494 g/mol. The van der Waals surface area contributed by atoms with E-state index in [1.807, 2.05) is 19.1 Å². The zero-order valence-corrected chi connectivity index (χ0v) is 21.1. The Morgan fingerprint density at radius 1 is 1.17 bits per heavy atom. The number of amides is 1. The first-order valence-electron chi connectivity index (χ1n) is 12.7. The fraction of sp³-hybridized carbons (Fsp3) is 0.464. The summed E-state index contributed by atoms with van der Waals surface area (Å²) in [4.78, 5) is 34.5. The van der Waals surface area contributed by atoms with Crippen molar-refractivity contribution in [1.29, 1.82) is 0 Å². The molecule has 2 aromatic rings. The number of aliphatic hydroxyl groups is 1. The van der Waals surface area contributed by atoms with E-state index in [9.17, 15) is 14.7 Å². The molecule has 0 spiro atoms. The molecule has 1 atom stereocenters. The van der Waals surface area contributed by atoms with Crippen LogP contribution in [0, 0.1) is 6.92 Å². The number of benzene rings is 1. The smallest absolute Gasteiger partial charge is 0.295 e. The number of rotatable bonds is 10. The number of pyridine rings is 1. The standard InChI is InChI=1S/C28H35N3O5/c1-3-4-15-36-22-8-9-23(20(2)18-22)26(32)24-25(21-7-5-10-29-19-21)31(28(34)27(24)33)12-6-11-30-13-16-35-17-14-30/h5,7-10,18-19,25,32H,3-4,6,11-17H2,1-2H3/b26-24+/t25-/m0/s1. The normalized spacial score (nSPS) is 20.2. The van der Waals surface area contributed by atoms with Gasteiger partial charge in [-0.15, -0.1) is 0 Å². The molecule has 4 rings (SSSR count). The van der Waals surface area contributed by atoms with Crippen LogP contribution in [0.5, 0.6) is 5.75 Å². The topological polar surface area (TPSA) is 92.2 Å². The molecule has 0 unspecified atom stereocenters. The summed E-state index contributed by atoms with van der Waals surface area (Å²) < 4.78 is 11.2. The number of aromatic nitrogens is 1. The second kappa shape index (κ2) is 12.1. The Bertz CT molecular complexity index is 1100. The third-order valence-corrected chi connectivity index (χ3v) is 6.74. The maximum absolute atomic E-state index is 13.3. The van der Waals surface area contributed by atoms with Crippen molar-refractivity contribution < 1.29 is 24.2 Å². The van der Waals surface area contributed by atoms with E-state index in [4.69, 9.17) is 9.47 Å². The molecule has 0 aliphatic carbocycles. The SMILES string of the molecule is CCCCOc1ccc(/C(O)=C2\C(=O)C(=O)N(CCCN3CCOCC3)[C@H]2c2cccnc2)c(C)c1. The monoisotopic (exact) mass is 493 g/mol. The maximum atomic E-state index is 13.3. The van der Waals surface area contributed by atoms with Gasteiger partial charge in [-0.25, -0.2) is 0 Å². The maximum Gasteiger partial charge on any atom is 0.295 e. The molecule has 0 radical (unpaired) electrons. The van der Waals surface area contributed by atoms with Crippen LogP contribution in [0.4, 0.5) is 0 Å². The Morgan fingerprint density at radius 2 is 1.97 bits per heavy atom. The first kappa shape index (κ1) is 25.9. The molecule has 8 nitrogen and oxygen atoms in total. The minimum atomic E-state index is -0.691. The molecular weight excluding hydrogens is 458 g/mol. The van der Waals surface area contributed by atoms with Crippen molar-refractivity contribution >= 4 is 17.4 Å². The molecule has 2 aliphatic rings. The number of carbonyl (C=O) groups excluding carboxylic acids is 2. The molecular formula is C28H35N3O5. The highest BCUT2D eigenvalue weighted by atomic mass is 16.5. The number of Topliss-reactive ketones (excluding diaryl/α,β-unsaturated/α-hetero) is 1.